The van der Waals surface area contributed by atoms with E-state index in [4.69, 9.17) is 5.11 Å². The molecule has 1 fully saturated rings. The summed E-state index contributed by atoms with van der Waals surface area (Å²) in [7, 11) is 1.89. The molecule has 70 valence electrons. The van der Waals surface area contributed by atoms with Crippen LogP contribution in [0.3, 0.4) is 0 Å². The average molecular weight is 171 g/mol. The highest BCUT2D eigenvalue weighted by Crippen LogP contribution is 2.29. The molecule has 12 heavy (non-hydrogen) atoms. The van der Waals surface area contributed by atoms with Crippen LogP contribution in [-0.2, 0) is 4.79 Å². The second kappa shape index (κ2) is 3.44. The lowest BCUT2D eigenvalue weighted by Gasteiger charge is -2.23. The quantitative estimate of drug-likeness (QED) is 0.675. The van der Waals surface area contributed by atoms with Crippen molar-refractivity contribution in [2.45, 2.75) is 26.3 Å². The first-order valence-corrected chi connectivity index (χ1v) is 4.47. The predicted octanol–water partition coefficient (Wildman–Crippen LogP) is 1.05. The van der Waals surface area contributed by atoms with E-state index in [9.17, 15) is 4.79 Å². The van der Waals surface area contributed by atoms with Gasteiger partial charge in [0.15, 0.2) is 0 Å². The van der Waals surface area contributed by atoms with Crippen molar-refractivity contribution in [2.24, 2.45) is 11.8 Å². The van der Waals surface area contributed by atoms with E-state index in [0.29, 0.717) is 11.8 Å². The first-order chi connectivity index (χ1) is 5.54. The number of carbonyl (C=O) groups is 1. The van der Waals surface area contributed by atoms with Crippen LogP contribution in [0.5, 0.6) is 0 Å². The normalized spacial score (nSPS) is 31.3. The highest BCUT2D eigenvalue weighted by atomic mass is 16.4. The lowest BCUT2D eigenvalue weighted by atomic mass is 9.89. The molecule has 0 aromatic rings. The zero-order valence-electron chi connectivity index (χ0n) is 7.95. The molecule has 2 atom stereocenters. The number of hydrogen-bond donors (Lipinski definition) is 1. The second-order valence-corrected chi connectivity index (χ2v) is 3.96. The number of nitrogens with zero attached hydrogens (tertiary/aromatic N) is 1. The van der Waals surface area contributed by atoms with Gasteiger partial charge >= 0.3 is 5.97 Å². The Labute approximate surface area is 73.4 Å². The van der Waals surface area contributed by atoms with Gasteiger partial charge in [-0.25, -0.2) is 0 Å². The first kappa shape index (κ1) is 9.52. The third-order valence-electron chi connectivity index (χ3n) is 2.80. The zero-order chi connectivity index (χ0) is 9.30. The van der Waals surface area contributed by atoms with Gasteiger partial charge in [-0.05, 0) is 31.8 Å². The van der Waals surface area contributed by atoms with E-state index >= 15 is 0 Å². The lowest BCUT2D eigenvalue weighted by molar-refractivity contribution is -0.143. The third kappa shape index (κ3) is 1.61. The Morgan fingerprint density at radius 3 is 2.50 bits per heavy atom. The van der Waals surface area contributed by atoms with E-state index in [1.807, 2.05) is 11.9 Å². The summed E-state index contributed by atoms with van der Waals surface area (Å²) in [5.74, 6) is 0.122. The van der Waals surface area contributed by atoms with E-state index in [1.165, 1.54) is 0 Å². The molecule has 0 aromatic heterocycles. The molecule has 1 saturated heterocycles. The van der Waals surface area contributed by atoms with Crippen LogP contribution in [0.1, 0.15) is 20.3 Å². The maximum absolute atomic E-state index is 10.9. The summed E-state index contributed by atoms with van der Waals surface area (Å²) >= 11 is 0. The van der Waals surface area contributed by atoms with E-state index in [-0.39, 0.29) is 6.04 Å². The maximum Gasteiger partial charge on any atom is 0.321 e. The van der Waals surface area contributed by atoms with Crippen LogP contribution in [-0.4, -0.2) is 35.6 Å². The molecule has 3 heteroatoms. The summed E-state index contributed by atoms with van der Waals surface area (Å²) in [6.07, 6.45) is 1.02. The van der Waals surface area contributed by atoms with Gasteiger partial charge in [-0.2, -0.15) is 0 Å². The molecule has 1 heterocycles. The van der Waals surface area contributed by atoms with Crippen molar-refractivity contribution in [3.05, 3.63) is 0 Å². The van der Waals surface area contributed by atoms with Crippen molar-refractivity contribution < 1.29 is 9.90 Å². The molecule has 1 aliphatic heterocycles. The predicted molar refractivity (Wildman–Crippen MR) is 47.0 cm³/mol. The number of hydrogen-bond acceptors (Lipinski definition) is 2. The standard InChI is InChI=1S/C9H17NO2/c1-6(2)7-4-5-10(3)8(7)9(11)12/h6-8H,4-5H2,1-3H3,(H,11,12)/t7-,8+/m1/s1. The Kier molecular flexibility index (Phi) is 2.73. The van der Waals surface area contributed by atoms with Crippen molar-refractivity contribution in [2.75, 3.05) is 13.6 Å². The van der Waals surface area contributed by atoms with Gasteiger partial charge in [0.05, 0.1) is 0 Å². The summed E-state index contributed by atoms with van der Waals surface area (Å²) < 4.78 is 0. The third-order valence-corrected chi connectivity index (χ3v) is 2.80. The summed E-state index contributed by atoms with van der Waals surface area (Å²) in [5.41, 5.74) is 0. The molecule has 0 aliphatic carbocycles. The number of carboxylic acids is 1. The molecule has 0 radical (unpaired) electrons. The van der Waals surface area contributed by atoms with Gasteiger partial charge in [0.2, 0.25) is 0 Å². The molecular weight excluding hydrogens is 154 g/mol. The number of aliphatic carboxylic acids is 1. The molecule has 0 saturated carbocycles. The molecule has 0 unspecified atom stereocenters. The van der Waals surface area contributed by atoms with Gasteiger partial charge in [0.25, 0.3) is 0 Å². The molecule has 0 bridgehead atoms. The monoisotopic (exact) mass is 171 g/mol. The molecule has 0 spiro atoms. The van der Waals surface area contributed by atoms with Crippen molar-refractivity contribution in [1.82, 2.24) is 4.90 Å². The highest BCUT2D eigenvalue weighted by molar-refractivity contribution is 5.74. The molecule has 1 rings (SSSR count). The summed E-state index contributed by atoms with van der Waals surface area (Å²) in [6.45, 7) is 5.11. The summed E-state index contributed by atoms with van der Waals surface area (Å²) in [6, 6.07) is -0.259. The average Bonchev–Trinajstić information content (AvgIpc) is 2.30. The molecular formula is C9H17NO2. The van der Waals surface area contributed by atoms with Gasteiger partial charge < -0.3 is 5.11 Å². The Bertz CT molecular complexity index is 179. The van der Waals surface area contributed by atoms with Gasteiger partial charge in [-0.15, -0.1) is 0 Å². The topological polar surface area (TPSA) is 40.5 Å². The van der Waals surface area contributed by atoms with Crippen molar-refractivity contribution in [3.63, 3.8) is 0 Å². The lowest BCUT2D eigenvalue weighted by Crippen LogP contribution is -2.38. The van der Waals surface area contributed by atoms with Crippen molar-refractivity contribution >= 4 is 5.97 Å². The molecule has 1 aliphatic rings. The number of carboxylic acid groups (broad SMARTS) is 1. The molecule has 0 amide bonds. The number of rotatable bonds is 2. The zero-order valence-corrected chi connectivity index (χ0v) is 7.95. The molecule has 1 N–H and O–H groups in total. The van der Waals surface area contributed by atoms with Gasteiger partial charge in [0.1, 0.15) is 6.04 Å². The molecule has 0 aromatic carbocycles. The van der Waals surface area contributed by atoms with E-state index in [2.05, 4.69) is 13.8 Å². The van der Waals surface area contributed by atoms with Crippen LogP contribution in [0.15, 0.2) is 0 Å². The van der Waals surface area contributed by atoms with Gasteiger partial charge in [0, 0.05) is 0 Å². The van der Waals surface area contributed by atoms with Gasteiger partial charge in [-0.1, -0.05) is 13.8 Å². The maximum atomic E-state index is 10.9. The van der Waals surface area contributed by atoms with Crippen LogP contribution < -0.4 is 0 Å². The van der Waals surface area contributed by atoms with E-state index in [0.717, 1.165) is 13.0 Å². The van der Waals surface area contributed by atoms with Crippen LogP contribution >= 0.6 is 0 Å². The minimum absolute atomic E-state index is 0.259. The fourth-order valence-corrected chi connectivity index (χ4v) is 2.05. The summed E-state index contributed by atoms with van der Waals surface area (Å²) in [4.78, 5) is 12.8. The largest absolute Gasteiger partial charge is 0.480 e. The highest BCUT2D eigenvalue weighted by Gasteiger charge is 2.38. The second-order valence-electron chi connectivity index (χ2n) is 3.96. The van der Waals surface area contributed by atoms with Crippen molar-refractivity contribution in [3.8, 4) is 0 Å². The van der Waals surface area contributed by atoms with Gasteiger partial charge in [-0.3, -0.25) is 9.69 Å². The first-order valence-electron chi connectivity index (χ1n) is 4.47. The Hall–Kier alpha value is -0.570. The Balaban J connectivity index is 2.70. The minimum Gasteiger partial charge on any atom is -0.480 e. The number of likely N-dealkylation sites (tertiary alicyclic amines) is 1. The van der Waals surface area contributed by atoms with Crippen molar-refractivity contribution in [1.29, 1.82) is 0 Å². The fourth-order valence-electron chi connectivity index (χ4n) is 2.05. The number of likely N-dealkylation sites (N-methyl/N-ethyl adjacent to an activating group) is 1. The molecule has 3 nitrogen and oxygen atoms in total. The van der Waals surface area contributed by atoms with Crippen LogP contribution in [0.25, 0.3) is 0 Å². The van der Waals surface area contributed by atoms with Crippen LogP contribution in [0, 0.1) is 11.8 Å². The minimum atomic E-state index is -0.672. The fraction of sp³-hybridized carbons (Fsp3) is 0.889. The summed E-state index contributed by atoms with van der Waals surface area (Å²) in [5, 5.41) is 8.96. The smallest absolute Gasteiger partial charge is 0.321 e. The Morgan fingerprint density at radius 1 is 1.58 bits per heavy atom. The van der Waals surface area contributed by atoms with Crippen LogP contribution in [0.2, 0.25) is 0 Å². The Morgan fingerprint density at radius 2 is 2.17 bits per heavy atom. The van der Waals surface area contributed by atoms with E-state index in [1.54, 1.807) is 0 Å². The van der Waals surface area contributed by atoms with Crippen LogP contribution in [0.4, 0.5) is 0 Å². The van der Waals surface area contributed by atoms with E-state index < -0.39 is 5.97 Å². The SMILES string of the molecule is CC(C)[C@H]1CCN(C)[C@@H]1C(=O)O.